The van der Waals surface area contributed by atoms with Crippen LogP contribution in [0.5, 0.6) is 11.5 Å². The Bertz CT molecular complexity index is 554. The molecule has 2 rings (SSSR count). The van der Waals surface area contributed by atoms with Crippen LogP contribution in [0.15, 0.2) is 48.7 Å². The van der Waals surface area contributed by atoms with Gasteiger partial charge in [-0.05, 0) is 36.4 Å². The van der Waals surface area contributed by atoms with Crippen LogP contribution in [0.3, 0.4) is 0 Å². The molecule has 1 aromatic heterocycles. The summed E-state index contributed by atoms with van der Waals surface area (Å²) in [4.78, 5) is 15.3. The van der Waals surface area contributed by atoms with Crippen LogP contribution in [0.25, 0.3) is 0 Å². The first kappa shape index (κ1) is 13.9. The minimum absolute atomic E-state index is 0.436. The smallest absolute Gasteiger partial charge is 0.306 e. The second-order valence-electron chi connectivity index (χ2n) is 3.99. The van der Waals surface area contributed by atoms with Gasteiger partial charge >= 0.3 is 5.97 Å². The maximum Gasteiger partial charge on any atom is 0.306 e. The second-order valence-corrected chi connectivity index (χ2v) is 3.99. The van der Waals surface area contributed by atoms with E-state index in [2.05, 4.69) is 4.98 Å². The third-order valence-corrected chi connectivity index (χ3v) is 2.50. The zero-order valence-electron chi connectivity index (χ0n) is 11.3. The van der Waals surface area contributed by atoms with E-state index in [1.165, 1.54) is 6.92 Å². The maximum atomic E-state index is 11.2. The molecule has 1 heterocycles. The normalized spacial score (nSPS) is 11.5. The van der Waals surface area contributed by atoms with Crippen molar-refractivity contribution >= 4 is 5.97 Å². The largest absolute Gasteiger partial charge is 0.497 e. The summed E-state index contributed by atoms with van der Waals surface area (Å²) in [6.45, 7) is 1.33. The van der Waals surface area contributed by atoms with E-state index in [4.69, 9.17) is 14.2 Å². The molecule has 1 unspecified atom stereocenters. The van der Waals surface area contributed by atoms with Crippen LogP contribution in [0.1, 0.15) is 18.9 Å². The Morgan fingerprint density at radius 1 is 1.10 bits per heavy atom. The number of carbonyl (C=O) groups excluding carboxylic acids is 1. The van der Waals surface area contributed by atoms with E-state index in [0.29, 0.717) is 11.4 Å². The lowest BCUT2D eigenvalue weighted by Crippen LogP contribution is -2.16. The van der Waals surface area contributed by atoms with Crippen LogP contribution in [-0.2, 0) is 9.53 Å². The fourth-order valence-corrected chi connectivity index (χ4v) is 1.59. The summed E-state index contributed by atoms with van der Waals surface area (Å²) in [6, 6.07) is 12.3. The standard InChI is InChI=1S/C15H15NO4/c1-11(17)19-15(14-5-3-4-10-16-14)20-13-8-6-12(18-2)7-9-13/h3-10,15H,1-2H3. The number of hydrogen-bond acceptors (Lipinski definition) is 5. The molecule has 0 aliphatic heterocycles. The van der Waals surface area contributed by atoms with Crippen molar-refractivity contribution in [3.8, 4) is 11.5 Å². The van der Waals surface area contributed by atoms with Gasteiger partial charge in [0.05, 0.1) is 7.11 Å². The monoisotopic (exact) mass is 273 g/mol. The van der Waals surface area contributed by atoms with Crippen molar-refractivity contribution in [3.05, 3.63) is 54.4 Å². The predicted molar refractivity (Wildman–Crippen MR) is 72.4 cm³/mol. The molecule has 0 bridgehead atoms. The molecule has 0 saturated carbocycles. The van der Waals surface area contributed by atoms with Gasteiger partial charge < -0.3 is 14.2 Å². The number of rotatable bonds is 5. The molecule has 0 aliphatic rings. The number of nitrogens with zero attached hydrogens (tertiary/aromatic N) is 1. The molecular formula is C15H15NO4. The lowest BCUT2D eigenvalue weighted by Gasteiger charge is -2.18. The number of aromatic nitrogens is 1. The zero-order valence-corrected chi connectivity index (χ0v) is 11.3. The molecule has 1 atom stereocenters. The number of pyridine rings is 1. The van der Waals surface area contributed by atoms with Gasteiger partial charge in [-0.3, -0.25) is 9.78 Å². The van der Waals surface area contributed by atoms with Gasteiger partial charge in [0.2, 0.25) is 0 Å². The van der Waals surface area contributed by atoms with Crippen molar-refractivity contribution in [1.29, 1.82) is 0 Å². The van der Waals surface area contributed by atoms with Crippen LogP contribution in [0.4, 0.5) is 0 Å². The van der Waals surface area contributed by atoms with Crippen LogP contribution in [-0.4, -0.2) is 18.1 Å². The number of ether oxygens (including phenoxy) is 3. The van der Waals surface area contributed by atoms with Crippen LogP contribution in [0.2, 0.25) is 0 Å². The Morgan fingerprint density at radius 3 is 2.35 bits per heavy atom. The van der Waals surface area contributed by atoms with E-state index >= 15 is 0 Å². The van der Waals surface area contributed by atoms with Crippen molar-refractivity contribution in [2.45, 2.75) is 13.2 Å². The third kappa shape index (κ3) is 3.71. The van der Waals surface area contributed by atoms with E-state index in [9.17, 15) is 4.79 Å². The van der Waals surface area contributed by atoms with Crippen molar-refractivity contribution < 1.29 is 19.0 Å². The summed E-state index contributed by atoms with van der Waals surface area (Å²) in [5.41, 5.74) is 0.526. The van der Waals surface area contributed by atoms with Crippen LogP contribution >= 0.6 is 0 Å². The SMILES string of the molecule is COc1ccc(OC(OC(C)=O)c2ccccn2)cc1. The van der Waals surface area contributed by atoms with Gasteiger partial charge in [0.25, 0.3) is 6.29 Å². The molecule has 2 aromatic rings. The number of carbonyl (C=O) groups is 1. The lowest BCUT2D eigenvalue weighted by atomic mass is 10.3. The van der Waals surface area contributed by atoms with Crippen molar-refractivity contribution in [1.82, 2.24) is 4.98 Å². The maximum absolute atomic E-state index is 11.2. The number of methoxy groups -OCH3 is 1. The first-order valence-corrected chi connectivity index (χ1v) is 6.08. The second kappa shape index (κ2) is 6.56. The molecule has 104 valence electrons. The minimum Gasteiger partial charge on any atom is -0.497 e. The van der Waals surface area contributed by atoms with E-state index in [1.807, 2.05) is 0 Å². The fourth-order valence-electron chi connectivity index (χ4n) is 1.59. The highest BCUT2D eigenvalue weighted by Gasteiger charge is 2.17. The van der Waals surface area contributed by atoms with Crippen molar-refractivity contribution in [2.75, 3.05) is 7.11 Å². The summed E-state index contributed by atoms with van der Waals surface area (Å²) in [5.74, 6) is 0.844. The average Bonchev–Trinajstić information content (AvgIpc) is 2.48. The Kier molecular flexibility index (Phi) is 4.55. The molecule has 1 aromatic carbocycles. The summed E-state index contributed by atoms with van der Waals surface area (Å²) >= 11 is 0. The lowest BCUT2D eigenvalue weighted by molar-refractivity contribution is -0.162. The van der Waals surface area contributed by atoms with E-state index in [-0.39, 0.29) is 0 Å². The molecule has 5 heteroatoms. The molecule has 0 spiro atoms. The molecule has 0 aliphatic carbocycles. The quantitative estimate of drug-likeness (QED) is 0.619. The van der Waals surface area contributed by atoms with Gasteiger partial charge in [-0.25, -0.2) is 0 Å². The Labute approximate surface area is 117 Å². The van der Waals surface area contributed by atoms with Crippen LogP contribution in [0, 0.1) is 0 Å². The molecule has 0 N–H and O–H groups in total. The predicted octanol–water partition coefficient (Wildman–Crippen LogP) is 2.73. The molecule has 20 heavy (non-hydrogen) atoms. The van der Waals surface area contributed by atoms with E-state index < -0.39 is 12.3 Å². The fraction of sp³-hybridized carbons (Fsp3) is 0.200. The first-order chi connectivity index (χ1) is 9.69. The van der Waals surface area contributed by atoms with Crippen molar-refractivity contribution in [3.63, 3.8) is 0 Å². The van der Waals surface area contributed by atoms with Crippen LogP contribution < -0.4 is 9.47 Å². The Hall–Kier alpha value is -2.56. The van der Waals surface area contributed by atoms with Gasteiger partial charge in [0, 0.05) is 13.1 Å². The summed E-state index contributed by atoms with van der Waals surface area (Å²) < 4.78 is 15.9. The average molecular weight is 273 g/mol. The molecule has 5 nitrogen and oxygen atoms in total. The van der Waals surface area contributed by atoms with Crippen molar-refractivity contribution in [2.24, 2.45) is 0 Å². The summed E-state index contributed by atoms with van der Waals surface area (Å²) in [7, 11) is 1.59. The number of hydrogen-bond donors (Lipinski definition) is 0. The Balaban J connectivity index is 2.16. The number of benzene rings is 1. The van der Waals surface area contributed by atoms with E-state index in [1.54, 1.807) is 55.8 Å². The highest BCUT2D eigenvalue weighted by molar-refractivity contribution is 5.66. The highest BCUT2D eigenvalue weighted by Crippen LogP contribution is 2.24. The first-order valence-electron chi connectivity index (χ1n) is 6.08. The molecular weight excluding hydrogens is 258 g/mol. The highest BCUT2D eigenvalue weighted by atomic mass is 16.7. The Morgan fingerprint density at radius 2 is 1.80 bits per heavy atom. The molecule has 0 saturated heterocycles. The van der Waals surface area contributed by atoms with Gasteiger partial charge in [0.15, 0.2) is 0 Å². The molecule has 0 fully saturated rings. The zero-order chi connectivity index (χ0) is 14.4. The van der Waals surface area contributed by atoms with Gasteiger partial charge in [-0.2, -0.15) is 0 Å². The molecule has 0 amide bonds. The van der Waals surface area contributed by atoms with Gasteiger partial charge in [-0.1, -0.05) is 6.07 Å². The summed E-state index contributed by atoms with van der Waals surface area (Å²) in [6.07, 6.45) is 0.741. The van der Waals surface area contributed by atoms with E-state index in [0.717, 1.165) is 5.75 Å². The summed E-state index contributed by atoms with van der Waals surface area (Å²) in [5, 5.41) is 0. The third-order valence-electron chi connectivity index (χ3n) is 2.50. The topological polar surface area (TPSA) is 57.7 Å². The minimum atomic E-state index is -0.873. The van der Waals surface area contributed by atoms with Gasteiger partial charge in [-0.15, -0.1) is 0 Å². The van der Waals surface area contributed by atoms with Gasteiger partial charge in [0.1, 0.15) is 17.2 Å². The number of esters is 1. The molecule has 0 radical (unpaired) electrons.